The molecule has 7 nitrogen and oxygen atoms in total. The number of fused-ring (bicyclic) bond motifs is 1. The summed E-state index contributed by atoms with van der Waals surface area (Å²) in [5.74, 6) is -1.15. The van der Waals surface area contributed by atoms with Gasteiger partial charge in [0.25, 0.3) is 0 Å². The molecule has 1 heterocycles. The number of aliphatic carboxylic acids is 1. The Hall–Kier alpha value is -1.87. The fourth-order valence-corrected chi connectivity index (χ4v) is 6.09. The van der Waals surface area contributed by atoms with Crippen LogP contribution in [0.4, 0.5) is 0 Å². The van der Waals surface area contributed by atoms with Crippen LogP contribution in [0.3, 0.4) is 0 Å². The molecule has 2 rings (SSSR count). The molecule has 5 atom stereocenters. The molecule has 38 heavy (non-hydrogen) atoms. The van der Waals surface area contributed by atoms with E-state index < -0.39 is 42.5 Å². The SMILES string of the molecule is Cc1nc2cc(CCCC(C)CCCC(C)CC(CC(O)CO)C(=O)C(C)(C)C(O)CC(=O)O)ccc2s1. The van der Waals surface area contributed by atoms with Gasteiger partial charge in [0.1, 0.15) is 5.78 Å². The van der Waals surface area contributed by atoms with Crippen molar-refractivity contribution < 1.29 is 30.0 Å². The van der Waals surface area contributed by atoms with E-state index >= 15 is 0 Å². The number of carboxylic acid groups (broad SMARTS) is 1. The number of carbonyl (C=O) groups is 2. The zero-order valence-corrected chi connectivity index (χ0v) is 24.5. The van der Waals surface area contributed by atoms with E-state index in [0.29, 0.717) is 12.3 Å². The predicted octanol–water partition coefficient (Wildman–Crippen LogP) is 5.55. The highest BCUT2D eigenvalue weighted by Crippen LogP contribution is 2.34. The quantitative estimate of drug-likeness (QED) is 0.192. The summed E-state index contributed by atoms with van der Waals surface area (Å²) in [7, 11) is 0. The molecule has 5 unspecified atom stereocenters. The van der Waals surface area contributed by atoms with Crippen LogP contribution in [0.1, 0.15) is 89.6 Å². The molecule has 0 spiro atoms. The highest BCUT2D eigenvalue weighted by Gasteiger charge is 2.41. The van der Waals surface area contributed by atoms with Crippen LogP contribution >= 0.6 is 11.3 Å². The van der Waals surface area contributed by atoms with Crippen molar-refractivity contribution in [1.82, 2.24) is 4.98 Å². The Kier molecular flexibility index (Phi) is 12.8. The van der Waals surface area contributed by atoms with Gasteiger partial charge >= 0.3 is 5.97 Å². The van der Waals surface area contributed by atoms with Gasteiger partial charge in [-0.1, -0.05) is 59.4 Å². The topological polar surface area (TPSA) is 128 Å². The number of rotatable bonds is 18. The highest BCUT2D eigenvalue weighted by molar-refractivity contribution is 7.18. The van der Waals surface area contributed by atoms with Crippen LogP contribution in [0.2, 0.25) is 0 Å². The number of benzene rings is 1. The average Bonchev–Trinajstić information content (AvgIpc) is 3.21. The summed E-state index contributed by atoms with van der Waals surface area (Å²) >= 11 is 1.73. The minimum Gasteiger partial charge on any atom is -0.481 e. The lowest BCUT2D eigenvalue weighted by Gasteiger charge is -2.33. The van der Waals surface area contributed by atoms with E-state index in [9.17, 15) is 24.9 Å². The molecule has 0 fully saturated rings. The Morgan fingerprint density at radius 2 is 1.68 bits per heavy atom. The molecule has 0 aliphatic carbocycles. The van der Waals surface area contributed by atoms with Gasteiger partial charge in [-0.15, -0.1) is 11.3 Å². The molecule has 214 valence electrons. The van der Waals surface area contributed by atoms with Crippen LogP contribution in [0.25, 0.3) is 10.2 Å². The molecule has 0 bridgehead atoms. The van der Waals surface area contributed by atoms with E-state index in [-0.39, 0.29) is 18.1 Å². The maximum atomic E-state index is 13.3. The lowest BCUT2D eigenvalue weighted by Crippen LogP contribution is -2.43. The van der Waals surface area contributed by atoms with Crippen LogP contribution in [0.5, 0.6) is 0 Å². The monoisotopic (exact) mass is 549 g/mol. The van der Waals surface area contributed by atoms with Crippen LogP contribution in [-0.4, -0.2) is 56.0 Å². The van der Waals surface area contributed by atoms with Gasteiger partial charge < -0.3 is 20.4 Å². The van der Waals surface area contributed by atoms with Crippen molar-refractivity contribution in [3.63, 3.8) is 0 Å². The second-order valence-corrected chi connectivity index (χ2v) is 13.0. The molecule has 0 saturated carbocycles. The zero-order chi connectivity index (χ0) is 28.5. The molecule has 1 aromatic heterocycles. The first-order valence-electron chi connectivity index (χ1n) is 13.9. The maximum absolute atomic E-state index is 13.3. The summed E-state index contributed by atoms with van der Waals surface area (Å²) in [4.78, 5) is 29.0. The minimum atomic E-state index is -1.31. The number of aliphatic hydroxyl groups excluding tert-OH is 3. The molecule has 0 aliphatic rings. The van der Waals surface area contributed by atoms with Crippen molar-refractivity contribution in [2.75, 3.05) is 6.61 Å². The molecular formula is C30H47NO6S. The number of Topliss-reactive ketones (excluding diaryl/α,β-unsaturated/α-hetero) is 1. The Bertz CT molecular complexity index is 1030. The number of carbonyl (C=O) groups excluding carboxylic acids is 1. The normalized spacial score (nSPS) is 16.2. The number of aryl methyl sites for hydroxylation is 2. The standard InChI is InChI=1S/C30H47NO6S/c1-19(9-7-11-22-12-13-26-25(15-22)31-21(3)38-26)8-6-10-20(2)14-23(16-24(33)18-32)29(37)30(4,5)27(34)17-28(35)36/h12-13,15,19-20,23-24,27,32-34H,6-11,14,16-18H2,1-5H3,(H,35,36). The number of aromatic nitrogens is 1. The van der Waals surface area contributed by atoms with Gasteiger partial charge in [-0.25, -0.2) is 4.98 Å². The number of carboxylic acids is 1. The molecule has 2 aromatic rings. The third kappa shape index (κ3) is 10.0. The lowest BCUT2D eigenvalue weighted by molar-refractivity contribution is -0.146. The van der Waals surface area contributed by atoms with Crippen molar-refractivity contribution in [2.24, 2.45) is 23.2 Å². The predicted molar refractivity (Wildman–Crippen MR) is 152 cm³/mol. The number of hydrogen-bond donors (Lipinski definition) is 4. The van der Waals surface area contributed by atoms with E-state index in [4.69, 9.17) is 5.11 Å². The van der Waals surface area contributed by atoms with Crippen LogP contribution in [-0.2, 0) is 16.0 Å². The number of nitrogens with zero attached hydrogens (tertiary/aromatic N) is 1. The van der Waals surface area contributed by atoms with E-state index in [0.717, 1.165) is 49.0 Å². The second kappa shape index (κ2) is 15.1. The van der Waals surface area contributed by atoms with Crippen molar-refractivity contribution in [2.45, 2.75) is 105 Å². The molecule has 0 saturated heterocycles. The molecule has 4 N–H and O–H groups in total. The molecule has 0 radical (unpaired) electrons. The summed E-state index contributed by atoms with van der Waals surface area (Å²) in [6, 6.07) is 6.59. The van der Waals surface area contributed by atoms with Gasteiger partial charge in [-0.2, -0.15) is 0 Å². The fourth-order valence-electron chi connectivity index (χ4n) is 5.29. The third-order valence-electron chi connectivity index (χ3n) is 7.78. The Morgan fingerprint density at radius 1 is 1.03 bits per heavy atom. The minimum absolute atomic E-state index is 0.103. The number of hydrogen-bond acceptors (Lipinski definition) is 7. The third-order valence-corrected chi connectivity index (χ3v) is 8.73. The maximum Gasteiger partial charge on any atom is 0.306 e. The van der Waals surface area contributed by atoms with Gasteiger partial charge in [0.2, 0.25) is 0 Å². The first kappa shape index (κ1) is 32.3. The molecular weight excluding hydrogens is 502 g/mol. The summed E-state index contributed by atoms with van der Waals surface area (Å²) < 4.78 is 1.24. The highest BCUT2D eigenvalue weighted by atomic mass is 32.1. The Morgan fingerprint density at radius 3 is 2.34 bits per heavy atom. The van der Waals surface area contributed by atoms with Crippen LogP contribution in [0.15, 0.2) is 18.2 Å². The summed E-state index contributed by atoms with van der Waals surface area (Å²) in [6.45, 7) is 9.09. The van der Waals surface area contributed by atoms with E-state index in [1.54, 1.807) is 25.2 Å². The summed E-state index contributed by atoms with van der Waals surface area (Å²) in [5.41, 5.74) is 1.17. The van der Waals surface area contributed by atoms with Crippen molar-refractivity contribution in [3.8, 4) is 0 Å². The molecule has 0 amide bonds. The Balaban J connectivity index is 1.81. The van der Waals surface area contributed by atoms with Crippen LogP contribution < -0.4 is 0 Å². The molecule has 1 aromatic carbocycles. The van der Waals surface area contributed by atoms with E-state index in [1.165, 1.54) is 10.3 Å². The largest absolute Gasteiger partial charge is 0.481 e. The molecule has 0 aliphatic heterocycles. The lowest BCUT2D eigenvalue weighted by atomic mass is 9.72. The molecule has 8 heteroatoms. The van der Waals surface area contributed by atoms with Gasteiger partial charge in [0.15, 0.2) is 0 Å². The Labute approximate surface area is 231 Å². The summed E-state index contributed by atoms with van der Waals surface area (Å²) in [6.07, 6.45) is 4.22. The van der Waals surface area contributed by atoms with Gasteiger partial charge in [0, 0.05) is 5.92 Å². The van der Waals surface area contributed by atoms with Crippen molar-refractivity contribution in [1.29, 1.82) is 0 Å². The first-order valence-corrected chi connectivity index (χ1v) is 14.7. The summed E-state index contributed by atoms with van der Waals surface area (Å²) in [5, 5.41) is 39.9. The van der Waals surface area contributed by atoms with Crippen molar-refractivity contribution in [3.05, 3.63) is 28.8 Å². The average molecular weight is 550 g/mol. The van der Waals surface area contributed by atoms with Crippen LogP contribution in [0, 0.1) is 30.1 Å². The number of thiazole rings is 1. The second-order valence-electron chi connectivity index (χ2n) is 11.8. The van der Waals surface area contributed by atoms with Gasteiger partial charge in [-0.05, 0) is 62.1 Å². The smallest absolute Gasteiger partial charge is 0.306 e. The van der Waals surface area contributed by atoms with Gasteiger partial charge in [-0.3, -0.25) is 9.59 Å². The van der Waals surface area contributed by atoms with Crippen molar-refractivity contribution >= 4 is 33.3 Å². The van der Waals surface area contributed by atoms with E-state index in [2.05, 4.69) is 37.0 Å². The zero-order valence-electron chi connectivity index (χ0n) is 23.7. The number of aliphatic hydroxyl groups is 3. The van der Waals surface area contributed by atoms with Gasteiger partial charge in [0.05, 0.1) is 45.9 Å². The van der Waals surface area contributed by atoms with E-state index in [1.807, 2.05) is 6.92 Å². The fraction of sp³-hybridized carbons (Fsp3) is 0.700. The first-order chi connectivity index (χ1) is 17.8. The number of ketones is 1.